The van der Waals surface area contributed by atoms with E-state index < -0.39 is 0 Å². The molecule has 2 N–H and O–H groups in total. The highest BCUT2D eigenvalue weighted by atomic mass is 16.3. The summed E-state index contributed by atoms with van der Waals surface area (Å²) in [5.41, 5.74) is 0.996. The first-order chi connectivity index (χ1) is 7.88. The van der Waals surface area contributed by atoms with Crippen molar-refractivity contribution in [3.05, 3.63) is 23.3 Å². The summed E-state index contributed by atoms with van der Waals surface area (Å²) >= 11 is 0. The Kier molecular flexibility index (Phi) is 4.16. The topological polar surface area (TPSA) is 57.5 Å². The van der Waals surface area contributed by atoms with Crippen molar-refractivity contribution in [3.8, 4) is 11.5 Å². The third-order valence-electron chi connectivity index (χ3n) is 3.09. The number of benzene rings is 1. The minimum Gasteiger partial charge on any atom is -0.508 e. The molecule has 1 aromatic rings. The Hall–Kier alpha value is -1.51. The Morgan fingerprint density at radius 1 is 1.18 bits per heavy atom. The molecule has 1 rings (SSSR count). The summed E-state index contributed by atoms with van der Waals surface area (Å²) in [6, 6.07) is 2.86. The summed E-state index contributed by atoms with van der Waals surface area (Å²) in [6.45, 7) is 7.64. The third kappa shape index (κ3) is 2.78. The first-order valence-electron chi connectivity index (χ1n) is 5.98. The fraction of sp³-hybridized carbons (Fsp3) is 0.500. The van der Waals surface area contributed by atoms with E-state index in [-0.39, 0.29) is 29.1 Å². The molecule has 0 aliphatic rings. The molecule has 0 heterocycles. The van der Waals surface area contributed by atoms with Gasteiger partial charge in [0.2, 0.25) is 0 Å². The fourth-order valence-electron chi connectivity index (χ4n) is 1.70. The number of aromatic hydroxyl groups is 2. The predicted molar refractivity (Wildman–Crippen MR) is 67.6 cm³/mol. The molecule has 0 aliphatic carbocycles. The predicted octanol–water partition coefficient (Wildman–Crippen LogP) is 3.45. The van der Waals surface area contributed by atoms with Gasteiger partial charge in [-0.05, 0) is 24.0 Å². The molecule has 17 heavy (non-hydrogen) atoms. The highest BCUT2D eigenvalue weighted by Crippen LogP contribution is 2.33. The molecule has 0 radical (unpaired) electrons. The van der Waals surface area contributed by atoms with Crippen molar-refractivity contribution in [3.63, 3.8) is 0 Å². The highest BCUT2D eigenvalue weighted by molar-refractivity contribution is 6.00. The van der Waals surface area contributed by atoms with Gasteiger partial charge in [0.05, 0.1) is 5.56 Å². The maximum Gasteiger partial charge on any atom is 0.169 e. The molecule has 0 spiro atoms. The minimum absolute atomic E-state index is 0.0400. The van der Waals surface area contributed by atoms with E-state index in [1.54, 1.807) is 6.07 Å². The van der Waals surface area contributed by atoms with E-state index in [1.165, 1.54) is 6.07 Å². The number of rotatable bonds is 4. The van der Waals surface area contributed by atoms with Crippen molar-refractivity contribution in [1.29, 1.82) is 0 Å². The van der Waals surface area contributed by atoms with Gasteiger partial charge in [0.25, 0.3) is 0 Å². The lowest BCUT2D eigenvalue weighted by molar-refractivity contribution is 0.0924. The molecule has 1 atom stereocenters. The van der Waals surface area contributed by atoms with Gasteiger partial charge in [0.1, 0.15) is 11.5 Å². The molecule has 0 aromatic heterocycles. The van der Waals surface area contributed by atoms with Crippen LogP contribution in [-0.2, 0) is 0 Å². The van der Waals surface area contributed by atoms with Crippen LogP contribution in [0.5, 0.6) is 11.5 Å². The molecule has 0 saturated carbocycles. The van der Waals surface area contributed by atoms with Crippen molar-refractivity contribution >= 4 is 5.78 Å². The maximum absolute atomic E-state index is 12.0. The van der Waals surface area contributed by atoms with E-state index >= 15 is 0 Å². The van der Waals surface area contributed by atoms with Crippen LogP contribution in [-0.4, -0.2) is 16.0 Å². The number of carbonyl (C=O) groups is 1. The van der Waals surface area contributed by atoms with Crippen molar-refractivity contribution in [1.82, 2.24) is 0 Å². The average molecular weight is 236 g/mol. The molecular formula is C14H20O3. The zero-order valence-corrected chi connectivity index (χ0v) is 10.8. The molecule has 0 saturated heterocycles. The first-order valence-corrected chi connectivity index (χ1v) is 5.98. The van der Waals surface area contributed by atoms with E-state index in [0.717, 1.165) is 6.42 Å². The van der Waals surface area contributed by atoms with E-state index in [4.69, 9.17) is 0 Å². The molecule has 94 valence electrons. The van der Waals surface area contributed by atoms with Gasteiger partial charge in [-0.3, -0.25) is 4.79 Å². The van der Waals surface area contributed by atoms with Crippen LogP contribution in [0.3, 0.4) is 0 Å². The first kappa shape index (κ1) is 13.6. The molecule has 3 nitrogen and oxygen atoms in total. The van der Waals surface area contributed by atoms with Gasteiger partial charge >= 0.3 is 0 Å². The highest BCUT2D eigenvalue weighted by Gasteiger charge is 2.20. The fourth-order valence-corrected chi connectivity index (χ4v) is 1.70. The van der Waals surface area contributed by atoms with Crippen LogP contribution in [0.1, 0.15) is 56.0 Å². The number of ketones is 1. The van der Waals surface area contributed by atoms with Crippen molar-refractivity contribution in [2.24, 2.45) is 5.92 Å². The molecule has 0 amide bonds. The molecule has 1 aromatic carbocycles. The summed E-state index contributed by atoms with van der Waals surface area (Å²) in [6.07, 6.45) is 0.732. The van der Waals surface area contributed by atoms with Gasteiger partial charge in [-0.2, -0.15) is 0 Å². The third-order valence-corrected chi connectivity index (χ3v) is 3.09. The average Bonchev–Trinajstić information content (AvgIpc) is 2.26. The van der Waals surface area contributed by atoms with Crippen LogP contribution >= 0.6 is 0 Å². The Balaban J connectivity index is 3.25. The molecule has 0 fully saturated rings. The number of Topliss-reactive ketones (excluding diaryl/α,β-unsaturated/α-hetero) is 1. The maximum atomic E-state index is 12.0. The second kappa shape index (κ2) is 5.21. The summed E-state index contributed by atoms with van der Waals surface area (Å²) < 4.78 is 0. The van der Waals surface area contributed by atoms with Gasteiger partial charge in [0.15, 0.2) is 5.78 Å². The Morgan fingerprint density at radius 3 is 2.24 bits per heavy atom. The molecular weight excluding hydrogens is 216 g/mol. The van der Waals surface area contributed by atoms with Gasteiger partial charge in [-0.25, -0.2) is 0 Å². The molecule has 3 heteroatoms. The molecule has 1 unspecified atom stereocenters. The normalized spacial score (nSPS) is 12.8. The summed E-state index contributed by atoms with van der Waals surface area (Å²) in [5, 5.41) is 19.4. The lowest BCUT2D eigenvalue weighted by atomic mass is 9.92. The lowest BCUT2D eigenvalue weighted by Crippen LogP contribution is -2.11. The monoisotopic (exact) mass is 236 g/mol. The smallest absolute Gasteiger partial charge is 0.169 e. The van der Waals surface area contributed by atoms with Gasteiger partial charge in [-0.1, -0.05) is 27.7 Å². The number of hydrogen-bond donors (Lipinski definition) is 2. The lowest BCUT2D eigenvalue weighted by Gasteiger charge is -2.14. The standard InChI is InChI=1S/C14H20O3/c1-5-9(4)14(17)11-6-10(8(2)3)12(15)7-13(11)16/h6-9,15-16H,5H2,1-4H3. The van der Waals surface area contributed by atoms with Crippen LogP contribution in [0.2, 0.25) is 0 Å². The number of phenols is 2. The van der Waals surface area contributed by atoms with Crippen molar-refractivity contribution < 1.29 is 15.0 Å². The van der Waals surface area contributed by atoms with Crippen LogP contribution in [0, 0.1) is 5.92 Å². The van der Waals surface area contributed by atoms with E-state index in [2.05, 4.69) is 0 Å². The molecule has 0 bridgehead atoms. The van der Waals surface area contributed by atoms with E-state index in [9.17, 15) is 15.0 Å². The van der Waals surface area contributed by atoms with E-state index in [1.807, 2.05) is 27.7 Å². The number of phenolic OH excluding ortho intramolecular Hbond substituents is 2. The second-order valence-electron chi connectivity index (χ2n) is 4.76. The van der Waals surface area contributed by atoms with Crippen molar-refractivity contribution in [2.75, 3.05) is 0 Å². The van der Waals surface area contributed by atoms with Gasteiger partial charge < -0.3 is 10.2 Å². The van der Waals surface area contributed by atoms with Crippen LogP contribution in [0.15, 0.2) is 12.1 Å². The Morgan fingerprint density at radius 2 is 1.76 bits per heavy atom. The number of carbonyl (C=O) groups excluding carboxylic acids is 1. The van der Waals surface area contributed by atoms with Gasteiger partial charge in [0, 0.05) is 12.0 Å². The SMILES string of the molecule is CCC(C)C(=O)c1cc(C(C)C)c(O)cc1O. The second-order valence-corrected chi connectivity index (χ2v) is 4.76. The summed E-state index contributed by atoms with van der Waals surface area (Å²) in [7, 11) is 0. The zero-order valence-electron chi connectivity index (χ0n) is 10.8. The summed E-state index contributed by atoms with van der Waals surface area (Å²) in [4.78, 5) is 12.0. The van der Waals surface area contributed by atoms with Crippen LogP contribution in [0.4, 0.5) is 0 Å². The van der Waals surface area contributed by atoms with Crippen molar-refractivity contribution in [2.45, 2.75) is 40.0 Å². The Bertz CT molecular complexity index is 422. The van der Waals surface area contributed by atoms with Crippen LogP contribution in [0.25, 0.3) is 0 Å². The van der Waals surface area contributed by atoms with Crippen LogP contribution < -0.4 is 0 Å². The quantitative estimate of drug-likeness (QED) is 0.787. The largest absolute Gasteiger partial charge is 0.508 e. The zero-order chi connectivity index (χ0) is 13.2. The minimum atomic E-state index is -0.141. The molecule has 0 aliphatic heterocycles. The Labute approximate surface area is 102 Å². The van der Waals surface area contributed by atoms with Gasteiger partial charge in [-0.15, -0.1) is 0 Å². The number of hydrogen-bond acceptors (Lipinski definition) is 3. The van der Waals surface area contributed by atoms with E-state index in [0.29, 0.717) is 11.1 Å². The summed E-state index contributed by atoms with van der Waals surface area (Å²) in [5.74, 6) is -0.188.